The number of rotatable bonds is 8. The van der Waals surface area contributed by atoms with Gasteiger partial charge in [0.05, 0.1) is 98.7 Å². The minimum atomic E-state index is 0.249. The van der Waals surface area contributed by atoms with Crippen molar-refractivity contribution >= 4 is 50.8 Å². The highest BCUT2D eigenvalue weighted by molar-refractivity contribution is 7.15. The van der Waals surface area contributed by atoms with Crippen LogP contribution in [0.15, 0.2) is 90.3 Å². The monoisotopic (exact) mass is 863 g/mol. The molecule has 1 atom stereocenters. The number of hydrogen-bond donors (Lipinski definition) is 2. The molecule has 1 unspecified atom stereocenters. The van der Waals surface area contributed by atoms with E-state index >= 15 is 0 Å². The van der Waals surface area contributed by atoms with Gasteiger partial charge in [0.15, 0.2) is 10.0 Å². The molecule has 10 rings (SSSR count). The molecular formula is C43H41N15O2S2. The molecule has 1 aliphatic rings. The first-order chi connectivity index (χ1) is 30.4. The molecule has 0 aromatic carbocycles. The highest BCUT2D eigenvalue weighted by Crippen LogP contribution is 2.36. The highest BCUT2D eigenvalue weighted by Gasteiger charge is 2.21. The lowest BCUT2D eigenvalue weighted by Gasteiger charge is -2.16. The van der Waals surface area contributed by atoms with Gasteiger partial charge in [-0.2, -0.15) is 20.7 Å². The molecule has 2 N–H and O–H groups in total. The topological polar surface area (TPSA) is 219 Å². The van der Waals surface area contributed by atoms with Crippen molar-refractivity contribution in [3.05, 3.63) is 107 Å². The summed E-state index contributed by atoms with van der Waals surface area (Å²) in [5, 5.41) is 57.7. The first kappa shape index (κ1) is 42.7. The second-order valence-electron chi connectivity index (χ2n) is 13.0. The van der Waals surface area contributed by atoms with Crippen LogP contribution in [-0.4, -0.2) is 74.0 Å². The number of nitriles is 2. The Kier molecular flexibility index (Phi) is 13.6. The van der Waals surface area contributed by atoms with Crippen LogP contribution in [0.2, 0.25) is 0 Å². The van der Waals surface area contributed by atoms with Gasteiger partial charge in [0.25, 0.3) is 0 Å². The van der Waals surface area contributed by atoms with Crippen molar-refractivity contribution in [2.24, 2.45) is 0 Å². The molecule has 1 fully saturated rings. The number of aryl methyl sites for hydroxylation is 2. The van der Waals surface area contributed by atoms with E-state index in [4.69, 9.17) is 19.8 Å². The zero-order chi connectivity index (χ0) is 43.6. The third-order valence-electron chi connectivity index (χ3n) is 9.11. The van der Waals surface area contributed by atoms with Gasteiger partial charge < -0.3 is 19.9 Å². The first-order valence-electron chi connectivity index (χ1n) is 19.8. The van der Waals surface area contributed by atoms with Gasteiger partial charge in [-0.15, -0.1) is 20.4 Å². The van der Waals surface area contributed by atoms with E-state index in [2.05, 4.69) is 68.5 Å². The van der Waals surface area contributed by atoms with Crippen LogP contribution < -0.4 is 10.6 Å². The average Bonchev–Trinajstić information content (AvgIpc) is 4.18. The summed E-state index contributed by atoms with van der Waals surface area (Å²) in [6, 6.07) is 19.7. The standard InChI is InChI=1S/C20H17N7OS.C19H12N8OS.2C2H6/c1-12-25-26-20(29-12)16-10-22-18(7-17(16)24-14-4-5-28-11-14)19-3-2-15-6-13(8-21)9-23-27(15)19;1-11-25-26-19(29-11)15-9-21-17(5-16(15)24-13-8-23-28-10-13)18-3-2-14-4-12(6-20)7-22-27(14)18;2*1-2/h2-3,6-7,9-10,14H,4-5,11H2,1H3,(H,22,24);2-5,7-10H,1H3,(H,21,24);2*1-2H3. The molecule has 62 heavy (non-hydrogen) atoms. The van der Waals surface area contributed by atoms with Gasteiger partial charge in [-0.3, -0.25) is 9.97 Å². The molecule has 0 aliphatic carbocycles. The van der Waals surface area contributed by atoms with E-state index in [1.54, 1.807) is 45.0 Å². The summed E-state index contributed by atoms with van der Waals surface area (Å²) in [6.07, 6.45) is 10.7. The zero-order valence-corrected chi connectivity index (χ0v) is 36.4. The normalized spacial score (nSPS) is 12.9. The van der Waals surface area contributed by atoms with E-state index in [-0.39, 0.29) is 6.04 Å². The molecule has 0 radical (unpaired) electrons. The van der Waals surface area contributed by atoms with Crippen LogP contribution in [0.3, 0.4) is 0 Å². The number of nitrogens with one attached hydrogen (secondary N) is 2. The van der Waals surface area contributed by atoms with Crippen molar-refractivity contribution in [2.45, 2.75) is 54.0 Å². The Bertz CT molecular complexity index is 3000. The van der Waals surface area contributed by atoms with Gasteiger partial charge in [0, 0.05) is 24.7 Å². The number of nitrogens with zero attached hydrogens (tertiary/aromatic N) is 13. The minimum absolute atomic E-state index is 0.249. The molecule has 1 saturated heterocycles. The van der Waals surface area contributed by atoms with Crippen LogP contribution in [0.1, 0.15) is 55.3 Å². The molecule has 0 amide bonds. The maximum Gasteiger partial charge on any atom is 0.151 e. The molecule has 10 heterocycles. The average molecular weight is 864 g/mol. The van der Waals surface area contributed by atoms with E-state index in [1.165, 1.54) is 23.8 Å². The third kappa shape index (κ3) is 9.30. The van der Waals surface area contributed by atoms with Crippen molar-refractivity contribution < 1.29 is 9.26 Å². The second kappa shape index (κ2) is 19.7. The third-order valence-corrected chi connectivity index (χ3v) is 10.8. The summed E-state index contributed by atoms with van der Waals surface area (Å²) in [4.78, 5) is 9.30. The Morgan fingerprint density at radius 3 is 1.71 bits per heavy atom. The second-order valence-corrected chi connectivity index (χ2v) is 15.4. The molecular weight excluding hydrogens is 823 g/mol. The van der Waals surface area contributed by atoms with Crippen LogP contribution >= 0.6 is 22.7 Å². The molecule has 0 bridgehead atoms. The van der Waals surface area contributed by atoms with Crippen molar-refractivity contribution in [2.75, 3.05) is 23.8 Å². The highest BCUT2D eigenvalue weighted by atomic mass is 32.1. The minimum Gasteiger partial charge on any atom is -0.379 e. The Hall–Kier alpha value is -7.45. The lowest BCUT2D eigenvalue weighted by Crippen LogP contribution is -2.19. The Morgan fingerprint density at radius 1 is 0.694 bits per heavy atom. The fourth-order valence-electron chi connectivity index (χ4n) is 6.36. The van der Waals surface area contributed by atoms with Crippen LogP contribution in [-0.2, 0) is 4.74 Å². The number of aromatic nitrogens is 11. The van der Waals surface area contributed by atoms with Crippen molar-refractivity contribution in [3.63, 3.8) is 0 Å². The van der Waals surface area contributed by atoms with Crippen LogP contribution in [0.25, 0.3) is 55.0 Å². The SMILES string of the molecule is CC.CC.Cc1nnc(-c2cnc(-c3ccc4cc(C#N)cnn34)cc2NC2CCOC2)s1.Cc1nnc(-c2cnc(-c3ccc4cc(C#N)cnn34)cc2Nc2cnoc2)s1. The van der Waals surface area contributed by atoms with E-state index in [0.717, 1.165) is 83.7 Å². The van der Waals surface area contributed by atoms with E-state index in [9.17, 15) is 0 Å². The lowest BCUT2D eigenvalue weighted by molar-refractivity contribution is 0.195. The van der Waals surface area contributed by atoms with Gasteiger partial charge in [-0.25, -0.2) is 9.03 Å². The van der Waals surface area contributed by atoms with Crippen molar-refractivity contribution in [3.8, 4) is 56.1 Å². The smallest absolute Gasteiger partial charge is 0.151 e. The molecule has 312 valence electrons. The first-order valence-corrected chi connectivity index (χ1v) is 21.4. The van der Waals surface area contributed by atoms with Gasteiger partial charge >= 0.3 is 0 Å². The summed E-state index contributed by atoms with van der Waals surface area (Å²) in [6.45, 7) is 13.3. The summed E-state index contributed by atoms with van der Waals surface area (Å²) in [5.74, 6) is 0. The fraction of sp³-hybridized carbons (Fsp3) is 0.233. The number of ether oxygens (including phenoxy) is 1. The Morgan fingerprint density at radius 2 is 1.24 bits per heavy atom. The summed E-state index contributed by atoms with van der Waals surface area (Å²) < 4.78 is 14.0. The maximum atomic E-state index is 9.09. The lowest BCUT2D eigenvalue weighted by atomic mass is 10.1. The molecule has 0 saturated carbocycles. The maximum absolute atomic E-state index is 9.09. The van der Waals surface area contributed by atoms with Crippen LogP contribution in [0.5, 0.6) is 0 Å². The predicted octanol–water partition coefficient (Wildman–Crippen LogP) is 9.17. The Labute approximate surface area is 364 Å². The Balaban J connectivity index is 0.000000173. The van der Waals surface area contributed by atoms with E-state index in [0.29, 0.717) is 29.1 Å². The van der Waals surface area contributed by atoms with Gasteiger partial charge in [0.1, 0.15) is 28.4 Å². The van der Waals surface area contributed by atoms with Crippen molar-refractivity contribution in [1.82, 2.24) is 54.7 Å². The van der Waals surface area contributed by atoms with Gasteiger partial charge in [0.2, 0.25) is 0 Å². The summed E-state index contributed by atoms with van der Waals surface area (Å²) >= 11 is 3.03. The molecule has 19 heteroatoms. The number of pyridine rings is 2. The number of anilines is 3. The zero-order valence-electron chi connectivity index (χ0n) is 34.7. The largest absolute Gasteiger partial charge is 0.379 e. The molecule has 1 aliphatic heterocycles. The van der Waals surface area contributed by atoms with Crippen molar-refractivity contribution in [1.29, 1.82) is 10.5 Å². The summed E-state index contributed by atoms with van der Waals surface area (Å²) in [7, 11) is 0. The van der Waals surface area contributed by atoms with Gasteiger partial charge in [-0.05, 0) is 68.8 Å². The van der Waals surface area contributed by atoms with E-state index in [1.807, 2.05) is 90.2 Å². The molecule has 17 nitrogen and oxygen atoms in total. The van der Waals surface area contributed by atoms with Crippen LogP contribution in [0, 0.1) is 36.5 Å². The quantitative estimate of drug-likeness (QED) is 0.145. The molecule has 9 aromatic rings. The molecule has 9 aromatic heterocycles. The molecule has 0 spiro atoms. The number of hydrogen-bond acceptors (Lipinski definition) is 17. The van der Waals surface area contributed by atoms with Gasteiger partial charge in [-0.1, -0.05) is 55.5 Å². The van der Waals surface area contributed by atoms with Crippen LogP contribution in [0.4, 0.5) is 17.1 Å². The predicted molar refractivity (Wildman–Crippen MR) is 239 cm³/mol. The number of fused-ring (bicyclic) bond motifs is 2. The van der Waals surface area contributed by atoms with E-state index < -0.39 is 0 Å². The summed E-state index contributed by atoms with van der Waals surface area (Å²) in [5.41, 5.74) is 10.1. The fourth-order valence-corrected chi connectivity index (χ4v) is 7.80.